The molecule has 0 bridgehead atoms. The Labute approximate surface area is 250 Å². The van der Waals surface area contributed by atoms with E-state index in [1.807, 2.05) is 53.7 Å². The summed E-state index contributed by atoms with van der Waals surface area (Å²) in [4.78, 5) is 30.6. The zero-order valence-corrected chi connectivity index (χ0v) is 28.0. The molecule has 0 spiro atoms. The SMILES string of the molecule is CC(C)(C)CC(C)(C)N.CO[C@@]1(N=Cc2cc(C(C)(C)C)c(O)c(C(C)(C)C)c2)C(=O)N2C(C(=O)O)=C(C)CS[C@@H]21. The fourth-order valence-corrected chi connectivity index (χ4v) is 6.81. The summed E-state index contributed by atoms with van der Waals surface area (Å²) in [5.74, 6) is -0.865. The van der Waals surface area contributed by atoms with Crippen molar-refractivity contribution in [1.82, 2.24) is 4.90 Å². The van der Waals surface area contributed by atoms with Crippen LogP contribution in [0.5, 0.6) is 5.75 Å². The summed E-state index contributed by atoms with van der Waals surface area (Å²) >= 11 is 1.44. The van der Waals surface area contributed by atoms with Gasteiger partial charge in [-0.25, -0.2) is 9.79 Å². The van der Waals surface area contributed by atoms with Crippen molar-refractivity contribution < 1.29 is 24.5 Å². The van der Waals surface area contributed by atoms with Crippen molar-refractivity contribution in [3.63, 3.8) is 0 Å². The van der Waals surface area contributed by atoms with Crippen LogP contribution in [-0.4, -0.2) is 62.7 Å². The Balaban J connectivity index is 0.000000564. The normalized spacial score (nSPS) is 21.9. The summed E-state index contributed by atoms with van der Waals surface area (Å²) in [7, 11) is 1.41. The number of carbonyl (C=O) groups excluding carboxylic acids is 1. The van der Waals surface area contributed by atoms with Crippen molar-refractivity contribution in [2.45, 2.75) is 117 Å². The van der Waals surface area contributed by atoms with Crippen LogP contribution >= 0.6 is 11.8 Å². The van der Waals surface area contributed by atoms with Gasteiger partial charge in [0.2, 0.25) is 0 Å². The Bertz CT molecular complexity index is 1180. The Morgan fingerprint density at radius 2 is 1.59 bits per heavy atom. The van der Waals surface area contributed by atoms with Crippen LogP contribution < -0.4 is 5.73 Å². The molecule has 1 amide bonds. The maximum atomic E-state index is 13.1. The molecule has 4 N–H and O–H groups in total. The molecular weight excluding hydrogens is 538 g/mol. The van der Waals surface area contributed by atoms with Crippen LogP contribution in [0.1, 0.15) is 106 Å². The summed E-state index contributed by atoms with van der Waals surface area (Å²) in [6.45, 7) is 24.6. The number of nitrogens with zero attached hydrogens (tertiary/aromatic N) is 2. The number of phenolic OH excluding ortho intramolecular Hbond substituents is 1. The fourth-order valence-electron chi connectivity index (χ4n) is 5.44. The van der Waals surface area contributed by atoms with E-state index >= 15 is 0 Å². The molecule has 0 aromatic heterocycles. The lowest BCUT2D eigenvalue weighted by Crippen LogP contribution is -2.73. The summed E-state index contributed by atoms with van der Waals surface area (Å²) in [6, 6.07) is 3.75. The molecule has 8 nitrogen and oxygen atoms in total. The number of carboxylic acids is 1. The lowest BCUT2D eigenvalue weighted by atomic mass is 9.78. The monoisotopic (exact) mass is 589 g/mol. The number of carbonyl (C=O) groups is 2. The molecule has 2 heterocycles. The second kappa shape index (κ2) is 11.7. The highest BCUT2D eigenvalue weighted by Gasteiger charge is 2.65. The highest BCUT2D eigenvalue weighted by molar-refractivity contribution is 8.00. The van der Waals surface area contributed by atoms with Gasteiger partial charge >= 0.3 is 5.97 Å². The van der Waals surface area contributed by atoms with Gasteiger partial charge in [-0.15, -0.1) is 11.8 Å². The number of methoxy groups -OCH3 is 1. The fraction of sp³-hybridized carbons (Fsp3) is 0.656. The molecule has 0 saturated carbocycles. The highest BCUT2D eigenvalue weighted by Crippen LogP contribution is 2.48. The number of β-lactam (4-membered cyclic amide) rings is 1. The molecule has 1 fully saturated rings. The first kappa shape index (κ1) is 34.8. The zero-order valence-electron chi connectivity index (χ0n) is 27.2. The molecule has 2 aliphatic rings. The predicted molar refractivity (Wildman–Crippen MR) is 169 cm³/mol. The van der Waals surface area contributed by atoms with Crippen LogP contribution in [0.4, 0.5) is 0 Å². The number of phenols is 1. The molecule has 2 atom stereocenters. The van der Waals surface area contributed by atoms with Crippen LogP contribution in [0, 0.1) is 5.41 Å². The van der Waals surface area contributed by atoms with E-state index < -0.39 is 23.0 Å². The third-order valence-electron chi connectivity index (χ3n) is 6.85. The minimum Gasteiger partial charge on any atom is -0.507 e. The predicted octanol–water partition coefficient (Wildman–Crippen LogP) is 6.18. The van der Waals surface area contributed by atoms with E-state index in [2.05, 4.69) is 39.6 Å². The average molecular weight is 590 g/mol. The molecule has 2 aliphatic heterocycles. The van der Waals surface area contributed by atoms with Crippen molar-refractivity contribution in [3.8, 4) is 5.75 Å². The smallest absolute Gasteiger partial charge is 0.352 e. The second-order valence-electron chi connectivity index (χ2n) is 15.1. The Hall–Kier alpha value is -2.36. The summed E-state index contributed by atoms with van der Waals surface area (Å²) in [5.41, 5.74) is 7.07. The maximum Gasteiger partial charge on any atom is 0.352 e. The van der Waals surface area contributed by atoms with Gasteiger partial charge in [-0.2, -0.15) is 0 Å². The lowest BCUT2D eigenvalue weighted by Gasteiger charge is -2.53. The van der Waals surface area contributed by atoms with Crippen LogP contribution in [0.25, 0.3) is 0 Å². The number of ether oxygens (including phenoxy) is 1. The van der Waals surface area contributed by atoms with Crippen molar-refractivity contribution in [3.05, 3.63) is 40.1 Å². The van der Waals surface area contributed by atoms with Gasteiger partial charge in [-0.1, -0.05) is 62.3 Å². The number of hydrogen-bond donors (Lipinski definition) is 3. The average Bonchev–Trinajstić information content (AvgIpc) is 2.76. The topological polar surface area (TPSA) is 125 Å². The Kier molecular flexibility index (Phi) is 9.97. The number of thioether (sulfide) groups is 1. The largest absolute Gasteiger partial charge is 0.507 e. The number of aliphatic carboxylic acids is 1. The third kappa shape index (κ3) is 7.93. The lowest BCUT2D eigenvalue weighted by molar-refractivity contribution is -0.182. The number of hydrogen-bond acceptors (Lipinski definition) is 7. The van der Waals surface area contributed by atoms with Gasteiger partial charge in [0.15, 0.2) is 0 Å². The minimum absolute atomic E-state index is 0.0105. The van der Waals surface area contributed by atoms with Crippen molar-refractivity contribution >= 4 is 29.9 Å². The molecule has 1 aromatic rings. The summed E-state index contributed by atoms with van der Waals surface area (Å²) < 4.78 is 5.58. The molecule has 3 rings (SSSR count). The Morgan fingerprint density at radius 1 is 1.10 bits per heavy atom. The van der Waals surface area contributed by atoms with Gasteiger partial charge in [-0.05, 0) is 66.7 Å². The number of benzene rings is 1. The molecule has 0 radical (unpaired) electrons. The number of carboxylic acid groups (broad SMARTS) is 1. The van der Waals surface area contributed by atoms with Crippen molar-refractivity contribution in [2.75, 3.05) is 12.9 Å². The van der Waals surface area contributed by atoms with E-state index in [0.29, 0.717) is 16.7 Å². The summed E-state index contributed by atoms with van der Waals surface area (Å²) in [5, 5.41) is 20.0. The molecule has 0 aliphatic carbocycles. The standard InChI is InChI=1S/C24H32N2O5S.C8H19N/c1-13-12-32-21-24(31-8,20(30)26(21)17(13)19(28)29)25-11-14-9-15(22(2,3)4)18(27)16(10-14)23(5,6)7;1-7(2,3)6-8(4,5)9/h9-11,21,27H,12H2,1-8H3,(H,28,29);6,9H2,1-5H3/t21-,24+;/m1./s1. The van der Waals surface area contributed by atoms with E-state index in [4.69, 9.17) is 10.5 Å². The second-order valence-corrected chi connectivity index (χ2v) is 16.2. The van der Waals surface area contributed by atoms with Gasteiger partial charge in [0, 0.05) is 35.7 Å². The third-order valence-corrected chi connectivity index (χ3v) is 8.30. The van der Waals surface area contributed by atoms with E-state index in [-0.39, 0.29) is 27.8 Å². The quantitative estimate of drug-likeness (QED) is 0.276. The first-order valence-electron chi connectivity index (χ1n) is 14.0. The van der Waals surface area contributed by atoms with Gasteiger partial charge in [-0.3, -0.25) is 9.69 Å². The number of nitrogens with two attached hydrogens (primary N) is 1. The van der Waals surface area contributed by atoms with E-state index in [1.165, 1.54) is 23.8 Å². The van der Waals surface area contributed by atoms with E-state index in [9.17, 15) is 19.8 Å². The number of aliphatic imine (C=N–C) groups is 1. The molecule has 1 aromatic carbocycles. The molecule has 41 heavy (non-hydrogen) atoms. The molecule has 9 heteroatoms. The van der Waals surface area contributed by atoms with Crippen molar-refractivity contribution in [1.29, 1.82) is 0 Å². The molecular formula is C32H51N3O5S. The van der Waals surface area contributed by atoms with E-state index in [1.54, 1.807) is 13.1 Å². The number of fused-ring (bicyclic) bond motifs is 1. The summed E-state index contributed by atoms with van der Waals surface area (Å²) in [6.07, 6.45) is 2.66. The molecule has 1 saturated heterocycles. The number of amides is 1. The molecule has 230 valence electrons. The molecule has 0 unspecified atom stereocenters. The van der Waals surface area contributed by atoms with Crippen LogP contribution in [-0.2, 0) is 25.2 Å². The zero-order chi connectivity index (χ0) is 31.9. The van der Waals surface area contributed by atoms with Gasteiger partial charge < -0.3 is 20.7 Å². The first-order chi connectivity index (χ1) is 18.4. The van der Waals surface area contributed by atoms with Crippen LogP contribution in [0.2, 0.25) is 0 Å². The first-order valence-corrected chi connectivity index (χ1v) is 15.1. The minimum atomic E-state index is -1.48. The highest BCUT2D eigenvalue weighted by atomic mass is 32.2. The van der Waals surface area contributed by atoms with Gasteiger partial charge in [0.1, 0.15) is 16.8 Å². The van der Waals surface area contributed by atoms with Crippen molar-refractivity contribution in [2.24, 2.45) is 16.1 Å². The van der Waals surface area contributed by atoms with Crippen LogP contribution in [0.3, 0.4) is 0 Å². The maximum absolute atomic E-state index is 13.1. The van der Waals surface area contributed by atoms with Gasteiger partial charge in [0.05, 0.1) is 0 Å². The van der Waals surface area contributed by atoms with E-state index in [0.717, 1.165) is 23.1 Å². The Morgan fingerprint density at radius 3 is 1.93 bits per heavy atom. The number of rotatable bonds is 5. The van der Waals surface area contributed by atoms with Crippen LogP contribution in [0.15, 0.2) is 28.4 Å². The number of aromatic hydroxyl groups is 1. The van der Waals surface area contributed by atoms with Gasteiger partial charge in [0.25, 0.3) is 11.6 Å².